The smallest absolute Gasteiger partial charge is 0.226 e. The molecule has 6 bridgehead atoms. The number of nitrogens with one attached hydrogen (secondary N) is 1. The van der Waals surface area contributed by atoms with Gasteiger partial charge in [-0.1, -0.05) is 23.2 Å². The van der Waals surface area contributed by atoms with Crippen LogP contribution in [-0.2, 0) is 14.2 Å². The van der Waals surface area contributed by atoms with Gasteiger partial charge in [-0.2, -0.15) is 0 Å². The van der Waals surface area contributed by atoms with Gasteiger partial charge in [0.15, 0.2) is 0 Å². The average Bonchev–Trinajstić information content (AvgIpc) is 3.70. The van der Waals surface area contributed by atoms with Gasteiger partial charge in [0.25, 0.3) is 0 Å². The van der Waals surface area contributed by atoms with Crippen LogP contribution in [0.3, 0.4) is 0 Å². The molecule has 16 heteroatoms. The Balaban J connectivity index is 0.000000113. The first kappa shape index (κ1) is 33.7. The third-order valence-corrected chi connectivity index (χ3v) is 9.23. The molecule has 6 atom stereocenters. The molecule has 6 unspecified atom stereocenters. The maximum Gasteiger partial charge on any atom is 0.226 e. The van der Waals surface area contributed by atoms with E-state index in [1.807, 2.05) is 6.07 Å². The summed E-state index contributed by atoms with van der Waals surface area (Å²) in [7, 11) is 0. The Hall–Kier alpha value is -2.16. The quantitative estimate of drug-likeness (QED) is 0.287. The zero-order valence-electron chi connectivity index (χ0n) is 25.2. The summed E-state index contributed by atoms with van der Waals surface area (Å²) in [6.07, 6.45) is 14.6. The molecule has 6 aliphatic rings. The van der Waals surface area contributed by atoms with Gasteiger partial charge >= 0.3 is 0 Å². The second-order valence-corrected chi connectivity index (χ2v) is 13.3. The van der Waals surface area contributed by atoms with Crippen molar-refractivity contribution in [3.63, 3.8) is 0 Å². The fraction of sp³-hybridized carbons (Fsp3) is 0.600. The van der Waals surface area contributed by atoms with E-state index in [9.17, 15) is 0 Å². The number of hydrogen-bond donors (Lipinski definition) is 1. The topological polar surface area (TPSA) is 124 Å². The molecule has 9 rings (SSSR count). The largest absolute Gasteiger partial charge is 0.372 e. The highest BCUT2D eigenvalue weighted by molar-refractivity contribution is 6.31. The molecule has 0 radical (unpaired) electrons. The number of ether oxygens (including phenoxy) is 3. The third kappa shape index (κ3) is 9.70. The summed E-state index contributed by atoms with van der Waals surface area (Å²) in [5.41, 5.74) is 0. The minimum atomic E-state index is 0.178. The summed E-state index contributed by atoms with van der Waals surface area (Å²) in [5, 5.41) is 4.68. The van der Waals surface area contributed by atoms with Crippen molar-refractivity contribution in [2.45, 2.75) is 75.1 Å². The van der Waals surface area contributed by atoms with Crippen LogP contribution in [0.25, 0.3) is 0 Å². The van der Waals surface area contributed by atoms with Gasteiger partial charge in [0.1, 0.15) is 16.1 Å². The maximum atomic E-state index is 5.84. The van der Waals surface area contributed by atoms with Crippen LogP contribution in [0.1, 0.15) is 38.5 Å². The van der Waals surface area contributed by atoms with Crippen molar-refractivity contribution in [3.05, 3.63) is 57.7 Å². The number of anilines is 2. The molecule has 248 valence electrons. The zero-order chi connectivity index (χ0) is 31.9. The molecule has 1 N–H and O–H groups in total. The summed E-state index contributed by atoms with van der Waals surface area (Å²) in [4.78, 5) is 28.2. The lowest BCUT2D eigenvalue weighted by molar-refractivity contribution is 0.0184. The molecular formula is C30H37Cl4N9O3. The van der Waals surface area contributed by atoms with Crippen LogP contribution in [0.4, 0.5) is 11.8 Å². The van der Waals surface area contributed by atoms with Gasteiger partial charge in [0, 0.05) is 57.9 Å². The van der Waals surface area contributed by atoms with Crippen LogP contribution >= 0.6 is 46.4 Å². The van der Waals surface area contributed by atoms with Gasteiger partial charge in [0.2, 0.25) is 16.5 Å². The van der Waals surface area contributed by atoms with Crippen LogP contribution < -0.4 is 15.1 Å². The number of nitrogens with zero attached hydrogens (tertiary/aromatic N) is 8. The molecule has 0 aliphatic carbocycles. The Morgan fingerprint density at radius 2 is 1.00 bits per heavy atom. The van der Waals surface area contributed by atoms with E-state index in [-0.39, 0.29) is 5.28 Å². The Morgan fingerprint density at radius 3 is 1.48 bits per heavy atom. The van der Waals surface area contributed by atoms with Gasteiger partial charge in [-0.3, -0.25) is 0 Å². The van der Waals surface area contributed by atoms with Crippen molar-refractivity contribution >= 4 is 58.2 Å². The molecule has 3 aromatic heterocycles. The van der Waals surface area contributed by atoms with Crippen LogP contribution in [0.15, 0.2) is 36.8 Å². The van der Waals surface area contributed by atoms with E-state index in [0.717, 1.165) is 63.9 Å². The zero-order valence-corrected chi connectivity index (χ0v) is 28.3. The lowest BCUT2D eigenvalue weighted by Gasteiger charge is -2.32. The van der Waals surface area contributed by atoms with E-state index in [4.69, 9.17) is 60.6 Å². The minimum Gasteiger partial charge on any atom is -0.372 e. The van der Waals surface area contributed by atoms with Crippen molar-refractivity contribution in [2.24, 2.45) is 0 Å². The van der Waals surface area contributed by atoms with Crippen molar-refractivity contribution in [3.8, 4) is 0 Å². The first-order valence-corrected chi connectivity index (χ1v) is 17.2. The van der Waals surface area contributed by atoms with Crippen molar-refractivity contribution in [1.82, 2.24) is 35.2 Å². The lowest BCUT2D eigenvalue weighted by Crippen LogP contribution is -2.43. The number of rotatable bonds is 2. The number of aromatic nitrogens is 6. The SMILES string of the molecule is C1CC2CNCC1O2.Clc1ccnc(Cl)n1.Clc1ccnc(N2CC3CCC(C2)O3)n1.Clc1nccc(N2CC3CCC(C2)O3)n1. The highest BCUT2D eigenvalue weighted by Crippen LogP contribution is 2.30. The highest BCUT2D eigenvalue weighted by atomic mass is 35.5. The second-order valence-electron chi connectivity index (χ2n) is 11.9. The number of halogens is 4. The van der Waals surface area contributed by atoms with Crippen molar-refractivity contribution in [2.75, 3.05) is 49.1 Å². The summed E-state index contributed by atoms with van der Waals surface area (Å²) >= 11 is 22.4. The first-order chi connectivity index (χ1) is 22.4. The summed E-state index contributed by atoms with van der Waals surface area (Å²) in [5.74, 6) is 1.64. The number of hydrogen-bond acceptors (Lipinski definition) is 12. The Labute approximate surface area is 288 Å². The molecule has 0 aromatic carbocycles. The van der Waals surface area contributed by atoms with Crippen LogP contribution in [0.5, 0.6) is 0 Å². The van der Waals surface area contributed by atoms with E-state index >= 15 is 0 Å². The molecule has 0 amide bonds. The molecule has 3 aromatic rings. The average molecular weight is 713 g/mol. The fourth-order valence-corrected chi connectivity index (χ4v) is 6.96. The van der Waals surface area contributed by atoms with E-state index in [0.29, 0.717) is 52.2 Å². The van der Waals surface area contributed by atoms with E-state index in [1.54, 1.807) is 24.5 Å². The van der Waals surface area contributed by atoms with E-state index in [2.05, 4.69) is 45.0 Å². The molecule has 6 fully saturated rings. The Kier molecular flexibility index (Phi) is 11.9. The normalized spacial score (nSPS) is 28.7. The van der Waals surface area contributed by atoms with E-state index in [1.165, 1.54) is 31.9 Å². The monoisotopic (exact) mass is 711 g/mol. The highest BCUT2D eigenvalue weighted by Gasteiger charge is 2.35. The third-order valence-electron chi connectivity index (χ3n) is 8.45. The second kappa shape index (κ2) is 16.3. The molecule has 0 saturated carbocycles. The van der Waals surface area contributed by atoms with E-state index < -0.39 is 0 Å². The van der Waals surface area contributed by atoms with Crippen LogP contribution in [-0.4, -0.2) is 106 Å². The molecule has 6 saturated heterocycles. The van der Waals surface area contributed by atoms with Gasteiger partial charge in [-0.25, -0.2) is 29.9 Å². The maximum absolute atomic E-state index is 5.84. The molecular weight excluding hydrogens is 676 g/mol. The Bertz CT molecular complexity index is 1300. The fourth-order valence-electron chi connectivity index (χ4n) is 6.36. The predicted octanol–water partition coefficient (Wildman–Crippen LogP) is 4.92. The standard InChI is InChI=1S/2C10H12ClN3O.C6H11NO.C4H2Cl2N2/c11-10-12-4-3-9(13-10)14-5-7-1-2-8(6-14)15-7;11-9-3-4-12-10(13-9)14-5-7-1-2-8(6-14)15-7;1-2-6-4-7-3-5(1)8-6;5-3-1-2-7-4(6)8-3/h2*3-4,7-8H,1-2,5-6H2;5-7H,1-4H2;1-2H. The summed E-state index contributed by atoms with van der Waals surface area (Å²) in [6.45, 7) is 5.77. The Morgan fingerprint density at radius 1 is 0.543 bits per heavy atom. The van der Waals surface area contributed by atoms with Gasteiger partial charge in [-0.05, 0) is 79.9 Å². The number of fused-ring (bicyclic) bond motifs is 6. The van der Waals surface area contributed by atoms with Gasteiger partial charge in [-0.15, -0.1) is 0 Å². The predicted molar refractivity (Wildman–Crippen MR) is 177 cm³/mol. The van der Waals surface area contributed by atoms with Crippen molar-refractivity contribution in [1.29, 1.82) is 0 Å². The first-order valence-electron chi connectivity index (χ1n) is 15.6. The molecule has 0 spiro atoms. The van der Waals surface area contributed by atoms with Gasteiger partial charge in [0.05, 0.1) is 36.6 Å². The molecule has 9 heterocycles. The number of morpholine rings is 3. The summed E-state index contributed by atoms with van der Waals surface area (Å²) < 4.78 is 17.0. The van der Waals surface area contributed by atoms with Crippen molar-refractivity contribution < 1.29 is 14.2 Å². The molecule has 12 nitrogen and oxygen atoms in total. The summed E-state index contributed by atoms with van der Waals surface area (Å²) in [6, 6.07) is 5.16. The van der Waals surface area contributed by atoms with Crippen LogP contribution in [0, 0.1) is 0 Å². The van der Waals surface area contributed by atoms with Crippen LogP contribution in [0.2, 0.25) is 20.9 Å². The minimum absolute atomic E-state index is 0.178. The molecule has 6 aliphatic heterocycles. The van der Waals surface area contributed by atoms with Gasteiger partial charge < -0.3 is 29.3 Å². The molecule has 46 heavy (non-hydrogen) atoms. The lowest BCUT2D eigenvalue weighted by atomic mass is 10.2.